The van der Waals surface area contributed by atoms with Crippen LogP contribution in [0.3, 0.4) is 0 Å². The van der Waals surface area contributed by atoms with Gasteiger partial charge in [-0.05, 0) is 34.0 Å². The Hall–Kier alpha value is -0.610. The van der Waals surface area contributed by atoms with Crippen molar-refractivity contribution >= 4 is 5.97 Å². The summed E-state index contributed by atoms with van der Waals surface area (Å²) in [5, 5.41) is 9.60. The van der Waals surface area contributed by atoms with Gasteiger partial charge in [-0.1, -0.05) is 25.7 Å². The molecule has 0 saturated heterocycles. The molecule has 1 N–H and O–H groups in total. The van der Waals surface area contributed by atoms with Crippen molar-refractivity contribution in [3.05, 3.63) is 0 Å². The van der Waals surface area contributed by atoms with Gasteiger partial charge < -0.3 is 14.9 Å². The molecule has 0 aliphatic heterocycles. The molecular weight excluding hydrogens is 228 g/mol. The first kappa shape index (κ1) is 15.4. The van der Waals surface area contributed by atoms with Gasteiger partial charge in [0.2, 0.25) is 0 Å². The highest BCUT2D eigenvalue weighted by Gasteiger charge is 2.39. The van der Waals surface area contributed by atoms with Gasteiger partial charge in [0.25, 0.3) is 0 Å². The van der Waals surface area contributed by atoms with Gasteiger partial charge in [0.1, 0.15) is 0 Å². The molecule has 106 valence electrons. The molecule has 1 aliphatic carbocycles. The number of carbonyl (C=O) groups is 1. The molecule has 0 unspecified atom stereocenters. The molecule has 0 aromatic carbocycles. The van der Waals surface area contributed by atoms with Gasteiger partial charge in [-0.25, -0.2) is 0 Å². The molecule has 1 rings (SSSR count). The van der Waals surface area contributed by atoms with Gasteiger partial charge in [0.05, 0.1) is 5.41 Å². The maximum atomic E-state index is 11.7. The van der Waals surface area contributed by atoms with Gasteiger partial charge >= 0.3 is 5.97 Å². The molecule has 0 spiro atoms. The van der Waals surface area contributed by atoms with Crippen molar-refractivity contribution in [2.45, 2.75) is 38.5 Å². The monoisotopic (exact) mass is 256 g/mol. The fourth-order valence-corrected chi connectivity index (χ4v) is 2.81. The second kappa shape index (κ2) is 7.10. The lowest BCUT2D eigenvalue weighted by molar-refractivity contribution is -0.151. The molecule has 4 heteroatoms. The van der Waals surface area contributed by atoms with Crippen molar-refractivity contribution in [1.82, 2.24) is 9.80 Å². The SMILES string of the molecule is CN(C)CCN(C)CC1(C(=O)O)CCCCCC1. The molecule has 1 aliphatic rings. The maximum absolute atomic E-state index is 11.7. The van der Waals surface area contributed by atoms with Gasteiger partial charge in [0.15, 0.2) is 0 Å². The number of rotatable bonds is 6. The third kappa shape index (κ3) is 4.58. The second-order valence-electron chi connectivity index (χ2n) is 6.04. The number of hydrogen-bond donors (Lipinski definition) is 1. The van der Waals surface area contributed by atoms with E-state index < -0.39 is 11.4 Å². The zero-order valence-corrected chi connectivity index (χ0v) is 12.1. The molecule has 0 atom stereocenters. The van der Waals surface area contributed by atoms with Crippen LogP contribution in [0.4, 0.5) is 0 Å². The molecule has 4 nitrogen and oxygen atoms in total. The zero-order valence-electron chi connectivity index (χ0n) is 12.1. The van der Waals surface area contributed by atoms with Crippen LogP contribution in [0.25, 0.3) is 0 Å². The third-order valence-electron chi connectivity index (χ3n) is 4.02. The molecule has 0 radical (unpaired) electrons. The van der Waals surface area contributed by atoms with Crippen LogP contribution in [-0.4, -0.2) is 61.7 Å². The Bertz CT molecular complexity index is 259. The topological polar surface area (TPSA) is 43.8 Å². The summed E-state index contributed by atoms with van der Waals surface area (Å²) in [5.74, 6) is -0.596. The lowest BCUT2D eigenvalue weighted by Crippen LogP contribution is -2.43. The van der Waals surface area contributed by atoms with E-state index in [0.717, 1.165) is 38.8 Å². The van der Waals surface area contributed by atoms with Crippen LogP contribution < -0.4 is 0 Å². The van der Waals surface area contributed by atoms with Crippen molar-refractivity contribution in [3.63, 3.8) is 0 Å². The summed E-state index contributed by atoms with van der Waals surface area (Å²) in [6.07, 6.45) is 6.19. The molecule has 0 amide bonds. The number of hydrogen-bond acceptors (Lipinski definition) is 3. The molecule has 1 saturated carbocycles. The van der Waals surface area contributed by atoms with Crippen molar-refractivity contribution in [3.8, 4) is 0 Å². The Labute approximate surface area is 111 Å². The predicted molar refractivity (Wildman–Crippen MR) is 73.8 cm³/mol. The lowest BCUT2D eigenvalue weighted by atomic mass is 9.80. The van der Waals surface area contributed by atoms with E-state index in [1.807, 2.05) is 21.1 Å². The molecule has 18 heavy (non-hydrogen) atoms. The number of carboxylic acids is 1. The van der Waals surface area contributed by atoms with Crippen molar-refractivity contribution in [2.75, 3.05) is 40.8 Å². The first-order valence-corrected chi connectivity index (χ1v) is 7.03. The summed E-state index contributed by atoms with van der Waals surface area (Å²) in [4.78, 5) is 16.0. The highest BCUT2D eigenvalue weighted by Crippen LogP contribution is 2.36. The van der Waals surface area contributed by atoms with Crippen LogP contribution in [0.2, 0.25) is 0 Å². The van der Waals surface area contributed by atoms with Crippen LogP contribution in [0.1, 0.15) is 38.5 Å². The Morgan fingerprint density at radius 1 is 1.06 bits per heavy atom. The summed E-state index contributed by atoms with van der Waals surface area (Å²) in [7, 11) is 6.14. The fraction of sp³-hybridized carbons (Fsp3) is 0.929. The average Bonchev–Trinajstić information content (AvgIpc) is 2.53. The molecule has 1 fully saturated rings. The Morgan fingerprint density at radius 2 is 1.61 bits per heavy atom. The van der Waals surface area contributed by atoms with Crippen LogP contribution in [0, 0.1) is 5.41 Å². The van der Waals surface area contributed by atoms with Gasteiger partial charge in [-0.2, -0.15) is 0 Å². The predicted octanol–water partition coefficient (Wildman–Crippen LogP) is 1.90. The quantitative estimate of drug-likeness (QED) is 0.737. The van der Waals surface area contributed by atoms with Crippen LogP contribution in [0.15, 0.2) is 0 Å². The molecule has 0 heterocycles. The Morgan fingerprint density at radius 3 is 2.06 bits per heavy atom. The first-order valence-electron chi connectivity index (χ1n) is 7.03. The minimum Gasteiger partial charge on any atom is -0.481 e. The smallest absolute Gasteiger partial charge is 0.310 e. The summed E-state index contributed by atoms with van der Waals surface area (Å²) < 4.78 is 0. The summed E-state index contributed by atoms with van der Waals surface area (Å²) in [6.45, 7) is 2.60. The number of likely N-dealkylation sites (N-methyl/N-ethyl adjacent to an activating group) is 2. The Kier molecular flexibility index (Phi) is 6.09. The molecule has 0 bridgehead atoms. The van der Waals surface area contributed by atoms with Crippen molar-refractivity contribution in [2.24, 2.45) is 5.41 Å². The van der Waals surface area contributed by atoms with E-state index >= 15 is 0 Å². The Balaban J connectivity index is 2.58. The van der Waals surface area contributed by atoms with Gasteiger partial charge in [-0.15, -0.1) is 0 Å². The first-order chi connectivity index (χ1) is 8.46. The normalized spacial score (nSPS) is 20.1. The summed E-state index contributed by atoms with van der Waals surface area (Å²) >= 11 is 0. The highest BCUT2D eigenvalue weighted by atomic mass is 16.4. The summed E-state index contributed by atoms with van der Waals surface area (Å²) in [6, 6.07) is 0. The van der Waals surface area contributed by atoms with E-state index in [0.29, 0.717) is 6.54 Å². The minimum atomic E-state index is -0.596. The molecular formula is C14H28N2O2. The zero-order chi connectivity index (χ0) is 13.6. The molecule has 0 aromatic rings. The van der Waals surface area contributed by atoms with E-state index in [1.54, 1.807) is 0 Å². The van der Waals surface area contributed by atoms with Crippen molar-refractivity contribution in [1.29, 1.82) is 0 Å². The van der Waals surface area contributed by atoms with E-state index in [4.69, 9.17) is 0 Å². The second-order valence-corrected chi connectivity index (χ2v) is 6.04. The fourth-order valence-electron chi connectivity index (χ4n) is 2.81. The van der Waals surface area contributed by atoms with E-state index in [9.17, 15) is 9.90 Å². The largest absolute Gasteiger partial charge is 0.481 e. The minimum absolute atomic E-state index is 0.502. The lowest BCUT2D eigenvalue weighted by Gasteiger charge is -2.33. The van der Waals surface area contributed by atoms with E-state index in [1.165, 1.54) is 12.8 Å². The standard InChI is InChI=1S/C14H28N2O2/c1-15(2)10-11-16(3)12-14(13(17)18)8-6-4-5-7-9-14/h4-12H2,1-3H3,(H,17,18). The summed E-state index contributed by atoms with van der Waals surface area (Å²) in [5.41, 5.74) is -0.502. The number of nitrogens with zero attached hydrogens (tertiary/aromatic N) is 2. The number of aliphatic carboxylic acids is 1. The van der Waals surface area contributed by atoms with Crippen LogP contribution in [0.5, 0.6) is 0 Å². The molecule has 0 aromatic heterocycles. The average molecular weight is 256 g/mol. The third-order valence-corrected chi connectivity index (χ3v) is 4.02. The van der Waals surface area contributed by atoms with Crippen LogP contribution in [-0.2, 0) is 4.79 Å². The van der Waals surface area contributed by atoms with E-state index in [-0.39, 0.29) is 0 Å². The van der Waals surface area contributed by atoms with Gasteiger partial charge in [0, 0.05) is 19.6 Å². The van der Waals surface area contributed by atoms with Crippen molar-refractivity contribution < 1.29 is 9.90 Å². The maximum Gasteiger partial charge on any atom is 0.310 e. The highest BCUT2D eigenvalue weighted by molar-refractivity contribution is 5.75. The number of carboxylic acid groups (broad SMARTS) is 1. The van der Waals surface area contributed by atoms with Gasteiger partial charge in [-0.3, -0.25) is 4.79 Å². The van der Waals surface area contributed by atoms with Crippen LogP contribution >= 0.6 is 0 Å². The van der Waals surface area contributed by atoms with E-state index in [2.05, 4.69) is 9.80 Å².